The molecule has 5 nitrogen and oxygen atoms in total. The molecule has 2 aliphatic rings. The molecule has 0 saturated carbocycles. The van der Waals surface area contributed by atoms with Crippen LogP contribution >= 0.6 is 0 Å². The van der Waals surface area contributed by atoms with E-state index in [1.807, 2.05) is 6.20 Å². The molecule has 1 saturated heterocycles. The molecular weight excluding hydrogens is 358 g/mol. The van der Waals surface area contributed by atoms with E-state index in [-0.39, 0.29) is 0 Å². The highest BCUT2D eigenvalue weighted by molar-refractivity contribution is 5.93. The quantitative estimate of drug-likeness (QED) is 0.721. The van der Waals surface area contributed by atoms with E-state index < -0.39 is 0 Å². The number of aromatic amines is 1. The van der Waals surface area contributed by atoms with Gasteiger partial charge in [0.15, 0.2) is 0 Å². The summed E-state index contributed by atoms with van der Waals surface area (Å²) in [4.78, 5) is 13.0. The highest BCUT2D eigenvalue weighted by Crippen LogP contribution is 2.30. The van der Waals surface area contributed by atoms with Crippen molar-refractivity contribution in [1.29, 1.82) is 0 Å². The van der Waals surface area contributed by atoms with E-state index in [4.69, 9.17) is 0 Å². The molecule has 4 heterocycles. The van der Waals surface area contributed by atoms with Crippen molar-refractivity contribution >= 4 is 16.6 Å². The van der Waals surface area contributed by atoms with Crippen LogP contribution in [0.4, 0.5) is 0 Å². The van der Waals surface area contributed by atoms with E-state index in [9.17, 15) is 0 Å². The maximum atomic E-state index is 4.68. The van der Waals surface area contributed by atoms with Gasteiger partial charge in [0.25, 0.3) is 0 Å². The Morgan fingerprint density at radius 2 is 1.86 bits per heavy atom. The monoisotopic (exact) mass is 387 g/mol. The average molecular weight is 388 g/mol. The van der Waals surface area contributed by atoms with Crippen molar-refractivity contribution in [3.63, 3.8) is 0 Å². The van der Waals surface area contributed by atoms with Crippen molar-refractivity contribution in [2.45, 2.75) is 13.0 Å². The number of fused-ring (bicyclic) bond motifs is 1. The number of piperazine rings is 1. The van der Waals surface area contributed by atoms with Gasteiger partial charge < -0.3 is 15.2 Å². The van der Waals surface area contributed by atoms with E-state index in [2.05, 4.69) is 74.7 Å². The van der Waals surface area contributed by atoms with Crippen LogP contribution in [0, 0.1) is 0 Å². The third-order valence-corrected chi connectivity index (χ3v) is 6.23. The van der Waals surface area contributed by atoms with E-state index in [0.717, 1.165) is 57.9 Å². The van der Waals surface area contributed by atoms with Crippen LogP contribution in [0.1, 0.15) is 17.5 Å². The lowest BCUT2D eigenvalue weighted by molar-refractivity contribution is 0.148. The zero-order chi connectivity index (χ0) is 19.6. The van der Waals surface area contributed by atoms with Crippen molar-refractivity contribution in [3.05, 3.63) is 59.9 Å². The van der Waals surface area contributed by atoms with Crippen LogP contribution in [0.2, 0.25) is 0 Å². The van der Waals surface area contributed by atoms with Gasteiger partial charge in [-0.1, -0.05) is 30.3 Å². The van der Waals surface area contributed by atoms with Crippen molar-refractivity contribution in [1.82, 2.24) is 25.1 Å². The molecule has 0 aliphatic carbocycles. The number of nitrogens with zero attached hydrogens (tertiary/aromatic N) is 3. The molecule has 2 aliphatic heterocycles. The summed E-state index contributed by atoms with van der Waals surface area (Å²) in [7, 11) is 2.20. The number of hydrogen-bond acceptors (Lipinski definition) is 4. The van der Waals surface area contributed by atoms with Gasteiger partial charge in [-0.25, -0.2) is 4.98 Å². The largest absolute Gasteiger partial charge is 0.346 e. The Kier molecular flexibility index (Phi) is 5.19. The fraction of sp³-hybridized carbons (Fsp3) is 0.375. The second-order valence-electron chi connectivity index (χ2n) is 8.28. The first-order chi connectivity index (χ1) is 14.3. The Hall–Kier alpha value is -2.47. The number of nitrogens with one attached hydrogen (secondary N) is 2. The molecule has 2 aromatic heterocycles. The molecule has 5 rings (SSSR count). The van der Waals surface area contributed by atoms with Crippen molar-refractivity contribution in [3.8, 4) is 11.1 Å². The molecule has 3 aromatic rings. The molecule has 0 amide bonds. The third-order valence-electron chi connectivity index (χ3n) is 6.23. The SMILES string of the molecule is CN1CCN(Cc2ccc(-c3cnc4[nH]cc(C5=CCNCC5)c4c3)cc2)CC1. The first kappa shape index (κ1) is 18.6. The predicted molar refractivity (Wildman–Crippen MR) is 120 cm³/mol. The second-order valence-corrected chi connectivity index (χ2v) is 8.28. The lowest BCUT2D eigenvalue weighted by Crippen LogP contribution is -2.43. The third kappa shape index (κ3) is 3.99. The number of benzene rings is 1. The smallest absolute Gasteiger partial charge is 0.137 e. The lowest BCUT2D eigenvalue weighted by atomic mass is 9.98. The van der Waals surface area contributed by atoms with Crippen LogP contribution in [-0.4, -0.2) is 66.1 Å². The molecule has 0 unspecified atom stereocenters. The van der Waals surface area contributed by atoms with Gasteiger partial charge in [0.2, 0.25) is 0 Å². The van der Waals surface area contributed by atoms with Gasteiger partial charge >= 0.3 is 0 Å². The van der Waals surface area contributed by atoms with Gasteiger partial charge in [-0.15, -0.1) is 0 Å². The van der Waals surface area contributed by atoms with Gasteiger partial charge in [0, 0.05) is 68.2 Å². The zero-order valence-corrected chi connectivity index (χ0v) is 17.1. The molecular formula is C24H29N5. The van der Waals surface area contributed by atoms with E-state index in [0.29, 0.717) is 0 Å². The Labute approximate surface area is 172 Å². The second kappa shape index (κ2) is 8.11. The topological polar surface area (TPSA) is 47.2 Å². The van der Waals surface area contributed by atoms with E-state index in [1.165, 1.54) is 33.2 Å². The zero-order valence-electron chi connectivity index (χ0n) is 17.1. The summed E-state index contributed by atoms with van der Waals surface area (Å²) in [5.41, 5.74) is 7.47. The first-order valence-electron chi connectivity index (χ1n) is 10.6. The van der Waals surface area contributed by atoms with Crippen molar-refractivity contribution in [2.75, 3.05) is 46.3 Å². The molecule has 29 heavy (non-hydrogen) atoms. The van der Waals surface area contributed by atoms with Gasteiger partial charge in [-0.3, -0.25) is 4.90 Å². The number of rotatable bonds is 4. The van der Waals surface area contributed by atoms with Crippen molar-refractivity contribution < 1.29 is 0 Å². The molecule has 0 atom stereocenters. The maximum absolute atomic E-state index is 4.68. The number of likely N-dealkylation sites (N-methyl/N-ethyl adjacent to an activating group) is 1. The number of hydrogen-bond donors (Lipinski definition) is 2. The Bertz CT molecular complexity index is 1010. The molecule has 1 aromatic carbocycles. The molecule has 0 bridgehead atoms. The number of H-pyrrole nitrogens is 1. The summed E-state index contributed by atoms with van der Waals surface area (Å²) in [6.45, 7) is 7.66. The maximum Gasteiger partial charge on any atom is 0.137 e. The van der Waals surface area contributed by atoms with Crippen LogP contribution in [-0.2, 0) is 6.54 Å². The van der Waals surface area contributed by atoms with Crippen molar-refractivity contribution in [2.24, 2.45) is 0 Å². The fourth-order valence-corrected chi connectivity index (χ4v) is 4.36. The van der Waals surface area contributed by atoms with Gasteiger partial charge in [0.05, 0.1) is 0 Å². The summed E-state index contributed by atoms with van der Waals surface area (Å²) in [6.07, 6.45) is 7.46. The summed E-state index contributed by atoms with van der Waals surface area (Å²) in [5.74, 6) is 0. The Morgan fingerprint density at radius 1 is 1.03 bits per heavy atom. The lowest BCUT2D eigenvalue weighted by Gasteiger charge is -2.32. The molecule has 1 fully saturated rings. The predicted octanol–water partition coefficient (Wildman–Crippen LogP) is 3.35. The molecule has 0 radical (unpaired) electrons. The molecule has 2 N–H and O–H groups in total. The molecule has 0 spiro atoms. The first-order valence-corrected chi connectivity index (χ1v) is 10.6. The van der Waals surface area contributed by atoms with Gasteiger partial charge in [0.1, 0.15) is 5.65 Å². The van der Waals surface area contributed by atoms with Crippen LogP contribution in [0.3, 0.4) is 0 Å². The Morgan fingerprint density at radius 3 is 2.62 bits per heavy atom. The highest BCUT2D eigenvalue weighted by atomic mass is 15.2. The van der Waals surface area contributed by atoms with Crippen LogP contribution in [0.5, 0.6) is 0 Å². The fourth-order valence-electron chi connectivity index (χ4n) is 4.36. The van der Waals surface area contributed by atoms with E-state index in [1.54, 1.807) is 0 Å². The van der Waals surface area contributed by atoms with Gasteiger partial charge in [-0.05, 0) is 42.8 Å². The summed E-state index contributed by atoms with van der Waals surface area (Å²) in [5, 5.41) is 4.61. The number of aromatic nitrogens is 2. The number of pyridine rings is 1. The average Bonchev–Trinajstić information content (AvgIpc) is 3.20. The van der Waals surface area contributed by atoms with Gasteiger partial charge in [-0.2, -0.15) is 0 Å². The van der Waals surface area contributed by atoms with E-state index >= 15 is 0 Å². The summed E-state index contributed by atoms with van der Waals surface area (Å²) < 4.78 is 0. The summed E-state index contributed by atoms with van der Waals surface area (Å²) >= 11 is 0. The summed E-state index contributed by atoms with van der Waals surface area (Å²) in [6, 6.07) is 11.3. The molecule has 5 heteroatoms. The molecule has 150 valence electrons. The Balaban J connectivity index is 1.37. The standard InChI is InChI=1S/C24H29N5/c1-28-10-12-29(13-11-28)17-18-2-4-19(5-3-18)21-14-22-23(16-27-24(22)26-15-21)20-6-8-25-9-7-20/h2-6,14-16,25H,7-13,17H2,1H3,(H,26,27). The highest BCUT2D eigenvalue weighted by Gasteiger charge is 2.15. The minimum Gasteiger partial charge on any atom is -0.346 e. The van der Waals surface area contributed by atoms with Crippen LogP contribution < -0.4 is 5.32 Å². The minimum atomic E-state index is 0.948. The minimum absolute atomic E-state index is 0.948. The normalized spacial score (nSPS) is 18.9. The van der Waals surface area contributed by atoms with Crippen LogP contribution in [0.25, 0.3) is 27.7 Å². The van der Waals surface area contributed by atoms with Crippen LogP contribution in [0.15, 0.2) is 48.8 Å².